The molecule has 5 nitrogen and oxygen atoms in total. The Kier molecular flexibility index (Phi) is 7.33. The molecule has 1 atom stereocenters. The number of benzene rings is 2. The number of nitrogens with zero attached hydrogens (tertiary/aromatic N) is 4. The van der Waals surface area contributed by atoms with Crippen molar-refractivity contribution in [1.29, 1.82) is 0 Å². The van der Waals surface area contributed by atoms with E-state index in [2.05, 4.69) is 17.3 Å². The van der Waals surface area contributed by atoms with Crippen LogP contribution in [0.2, 0.25) is 5.02 Å². The number of aromatic nitrogens is 4. The molecule has 2 aromatic heterocycles. The van der Waals surface area contributed by atoms with Gasteiger partial charge in [-0.05, 0) is 30.2 Å². The standard InChI is InChI=1S/C23H23Cl2N5S/c1-2-3-12-31-23-28-21(27-18-11-7-10-17(24)13-18)19-14-26-30(22(19)29-23)15-20(25)16-8-5-4-6-9-16/h4-11,13-14,20H,2-3,12,15H2,1H3,(H,27,28,29). The zero-order valence-electron chi connectivity index (χ0n) is 17.1. The minimum Gasteiger partial charge on any atom is -0.339 e. The van der Waals surface area contributed by atoms with Crippen molar-refractivity contribution in [2.75, 3.05) is 11.1 Å². The van der Waals surface area contributed by atoms with Gasteiger partial charge in [0.05, 0.1) is 23.5 Å². The third-order valence-electron chi connectivity index (χ3n) is 4.79. The summed E-state index contributed by atoms with van der Waals surface area (Å²) < 4.78 is 1.86. The Morgan fingerprint density at radius 2 is 1.94 bits per heavy atom. The number of fused-ring (bicyclic) bond motifs is 1. The van der Waals surface area contributed by atoms with Crippen LogP contribution in [0.15, 0.2) is 66.0 Å². The predicted octanol–water partition coefficient (Wildman–Crippen LogP) is 7.10. The predicted molar refractivity (Wildman–Crippen MR) is 131 cm³/mol. The van der Waals surface area contributed by atoms with Crippen molar-refractivity contribution in [3.05, 3.63) is 71.4 Å². The van der Waals surface area contributed by atoms with Crippen molar-refractivity contribution in [3.8, 4) is 0 Å². The molecule has 1 N–H and O–H groups in total. The summed E-state index contributed by atoms with van der Waals surface area (Å²) in [6.45, 7) is 2.69. The van der Waals surface area contributed by atoms with E-state index in [4.69, 9.17) is 33.2 Å². The van der Waals surface area contributed by atoms with Crippen molar-refractivity contribution >= 4 is 57.5 Å². The summed E-state index contributed by atoms with van der Waals surface area (Å²) >= 11 is 14.5. The summed E-state index contributed by atoms with van der Waals surface area (Å²) in [7, 11) is 0. The van der Waals surface area contributed by atoms with Crippen molar-refractivity contribution < 1.29 is 0 Å². The molecule has 0 radical (unpaired) electrons. The molecule has 0 saturated carbocycles. The van der Waals surface area contributed by atoms with Crippen LogP contribution in [0.3, 0.4) is 0 Å². The van der Waals surface area contributed by atoms with E-state index in [-0.39, 0.29) is 5.38 Å². The fraction of sp³-hybridized carbons (Fsp3) is 0.261. The van der Waals surface area contributed by atoms with Crippen LogP contribution >= 0.6 is 35.0 Å². The lowest BCUT2D eigenvalue weighted by Crippen LogP contribution is -2.08. The van der Waals surface area contributed by atoms with Gasteiger partial charge in [-0.3, -0.25) is 0 Å². The second-order valence-corrected chi connectivity index (χ2v) is 9.16. The molecule has 4 aromatic rings. The summed E-state index contributed by atoms with van der Waals surface area (Å²) in [5.74, 6) is 1.68. The molecule has 31 heavy (non-hydrogen) atoms. The maximum Gasteiger partial charge on any atom is 0.191 e. The lowest BCUT2D eigenvalue weighted by atomic mass is 10.1. The Hall–Kier alpha value is -2.28. The first-order valence-electron chi connectivity index (χ1n) is 10.2. The van der Waals surface area contributed by atoms with Gasteiger partial charge < -0.3 is 5.32 Å². The zero-order chi connectivity index (χ0) is 21.6. The van der Waals surface area contributed by atoms with Gasteiger partial charge in [0.25, 0.3) is 0 Å². The Labute approximate surface area is 196 Å². The number of halogens is 2. The zero-order valence-corrected chi connectivity index (χ0v) is 19.5. The molecule has 0 spiro atoms. The fourth-order valence-electron chi connectivity index (χ4n) is 3.16. The molecule has 8 heteroatoms. The molecule has 0 aliphatic carbocycles. The van der Waals surface area contributed by atoms with Crippen molar-refractivity contribution in [2.24, 2.45) is 0 Å². The van der Waals surface area contributed by atoms with Gasteiger partial charge >= 0.3 is 0 Å². The summed E-state index contributed by atoms with van der Waals surface area (Å²) in [4.78, 5) is 9.56. The van der Waals surface area contributed by atoms with Gasteiger partial charge in [0, 0.05) is 16.5 Å². The quantitative estimate of drug-likeness (QED) is 0.122. The number of alkyl halides is 1. The summed E-state index contributed by atoms with van der Waals surface area (Å²) in [6, 6.07) is 17.6. The smallest absolute Gasteiger partial charge is 0.191 e. The average Bonchev–Trinajstić information content (AvgIpc) is 3.17. The Bertz CT molecular complexity index is 1150. The number of anilines is 2. The van der Waals surface area contributed by atoms with E-state index in [1.54, 1.807) is 18.0 Å². The summed E-state index contributed by atoms with van der Waals surface area (Å²) in [6.07, 6.45) is 4.03. The molecule has 1 unspecified atom stereocenters. The number of rotatable bonds is 9. The SMILES string of the molecule is CCCCSc1nc(Nc2cccc(Cl)c2)c2cnn(CC(Cl)c3ccccc3)c2n1. The van der Waals surface area contributed by atoms with Crippen molar-refractivity contribution in [3.63, 3.8) is 0 Å². The highest BCUT2D eigenvalue weighted by Gasteiger charge is 2.17. The molecule has 0 fully saturated rings. The third kappa shape index (κ3) is 5.50. The highest BCUT2D eigenvalue weighted by atomic mass is 35.5. The first-order valence-corrected chi connectivity index (χ1v) is 12.0. The Morgan fingerprint density at radius 3 is 2.71 bits per heavy atom. The van der Waals surface area contributed by atoms with Crippen LogP contribution in [0.1, 0.15) is 30.7 Å². The topological polar surface area (TPSA) is 55.6 Å². The van der Waals surface area contributed by atoms with Crippen LogP contribution in [0.5, 0.6) is 0 Å². The minimum absolute atomic E-state index is 0.209. The second kappa shape index (κ2) is 10.4. The van der Waals surface area contributed by atoms with Gasteiger partial charge in [-0.25, -0.2) is 14.6 Å². The lowest BCUT2D eigenvalue weighted by Gasteiger charge is -2.12. The lowest BCUT2D eigenvalue weighted by molar-refractivity contribution is 0.613. The molecule has 0 bridgehead atoms. The van der Waals surface area contributed by atoms with Crippen LogP contribution < -0.4 is 5.32 Å². The maximum absolute atomic E-state index is 6.69. The normalized spacial score (nSPS) is 12.2. The number of unbranched alkanes of at least 4 members (excludes halogenated alkanes) is 1. The Balaban J connectivity index is 1.68. The monoisotopic (exact) mass is 471 g/mol. The van der Waals surface area contributed by atoms with Crippen LogP contribution in [0.25, 0.3) is 11.0 Å². The molecule has 2 aromatic carbocycles. The molecule has 0 aliphatic rings. The molecule has 4 rings (SSSR count). The average molecular weight is 472 g/mol. The Morgan fingerprint density at radius 1 is 1.10 bits per heavy atom. The second-order valence-electron chi connectivity index (χ2n) is 7.13. The van der Waals surface area contributed by atoms with Gasteiger partial charge in [-0.1, -0.05) is 73.1 Å². The van der Waals surface area contributed by atoms with E-state index in [0.29, 0.717) is 17.4 Å². The van der Waals surface area contributed by atoms with Gasteiger partial charge in [-0.15, -0.1) is 11.6 Å². The summed E-state index contributed by atoms with van der Waals surface area (Å²) in [5.41, 5.74) is 2.68. The van der Waals surface area contributed by atoms with Crippen molar-refractivity contribution in [2.45, 2.75) is 36.8 Å². The van der Waals surface area contributed by atoms with Crippen LogP contribution in [0, 0.1) is 0 Å². The van der Waals surface area contributed by atoms with E-state index in [0.717, 1.165) is 46.0 Å². The van der Waals surface area contributed by atoms with E-state index in [1.165, 1.54) is 0 Å². The molecule has 2 heterocycles. The third-order valence-corrected chi connectivity index (χ3v) is 6.35. The number of hydrogen-bond acceptors (Lipinski definition) is 5. The molecular formula is C23H23Cl2N5S. The first-order chi connectivity index (χ1) is 15.1. The van der Waals surface area contributed by atoms with Gasteiger partial charge in [-0.2, -0.15) is 5.10 Å². The van der Waals surface area contributed by atoms with Crippen LogP contribution in [-0.2, 0) is 6.54 Å². The highest BCUT2D eigenvalue weighted by Crippen LogP contribution is 2.30. The van der Waals surface area contributed by atoms with Crippen LogP contribution in [-0.4, -0.2) is 25.5 Å². The van der Waals surface area contributed by atoms with E-state index in [1.807, 2.05) is 59.3 Å². The number of nitrogens with one attached hydrogen (secondary N) is 1. The van der Waals surface area contributed by atoms with E-state index >= 15 is 0 Å². The molecular weight excluding hydrogens is 449 g/mol. The molecule has 0 aliphatic heterocycles. The van der Waals surface area contributed by atoms with Gasteiger partial charge in [0.2, 0.25) is 0 Å². The summed E-state index contributed by atoms with van der Waals surface area (Å²) in [5, 5.41) is 9.97. The molecule has 0 amide bonds. The molecule has 0 saturated heterocycles. The van der Waals surface area contributed by atoms with Gasteiger partial charge in [0.15, 0.2) is 10.8 Å². The van der Waals surface area contributed by atoms with Gasteiger partial charge in [0.1, 0.15) is 5.82 Å². The number of thioether (sulfide) groups is 1. The van der Waals surface area contributed by atoms with E-state index < -0.39 is 0 Å². The highest BCUT2D eigenvalue weighted by molar-refractivity contribution is 7.99. The fourth-order valence-corrected chi connectivity index (χ4v) is 4.55. The van der Waals surface area contributed by atoms with E-state index in [9.17, 15) is 0 Å². The first kappa shape index (κ1) is 21.9. The largest absolute Gasteiger partial charge is 0.339 e. The number of hydrogen-bond donors (Lipinski definition) is 1. The maximum atomic E-state index is 6.69. The minimum atomic E-state index is -0.209. The van der Waals surface area contributed by atoms with Crippen molar-refractivity contribution in [1.82, 2.24) is 19.7 Å². The molecule has 160 valence electrons. The van der Waals surface area contributed by atoms with Crippen LogP contribution in [0.4, 0.5) is 11.5 Å².